The molecule has 2 N–H and O–H groups in total. The third-order valence-corrected chi connectivity index (χ3v) is 4.90. The predicted molar refractivity (Wildman–Crippen MR) is 88.3 cm³/mol. The van der Waals surface area contributed by atoms with E-state index in [0.29, 0.717) is 35.0 Å². The minimum atomic E-state index is 0.481. The number of ether oxygens (including phenoxy) is 1. The summed E-state index contributed by atoms with van der Waals surface area (Å²) in [6, 6.07) is 8.12. The number of fused-ring (bicyclic) bond motifs is 2. The van der Waals surface area contributed by atoms with Crippen molar-refractivity contribution in [2.75, 3.05) is 25.5 Å². The first-order valence-corrected chi connectivity index (χ1v) is 8.03. The number of hydrogen-bond donors (Lipinski definition) is 2. The summed E-state index contributed by atoms with van der Waals surface area (Å²) in [5.74, 6) is 2.84. The van der Waals surface area contributed by atoms with Crippen molar-refractivity contribution in [2.24, 2.45) is 11.8 Å². The Labute approximate surface area is 138 Å². The van der Waals surface area contributed by atoms with Crippen LogP contribution in [-0.4, -0.2) is 51.2 Å². The van der Waals surface area contributed by atoms with Gasteiger partial charge in [0.2, 0.25) is 5.95 Å². The molecule has 3 heterocycles. The molecule has 0 bridgehead atoms. The lowest BCUT2D eigenvalue weighted by molar-refractivity contribution is 0.414. The third kappa shape index (κ3) is 2.10. The van der Waals surface area contributed by atoms with Crippen LogP contribution in [0.1, 0.15) is 0 Å². The SMILES string of the molecule is COc1ccc(-n2nnc3cnc(NC4C5CNCC54)nc32)cc1. The Balaban J connectivity index is 1.46. The molecular weight excluding hydrogens is 306 g/mol. The van der Waals surface area contributed by atoms with Gasteiger partial charge in [0.25, 0.3) is 0 Å². The summed E-state index contributed by atoms with van der Waals surface area (Å²) in [5.41, 5.74) is 2.26. The zero-order valence-electron chi connectivity index (χ0n) is 13.2. The molecule has 0 amide bonds. The average molecular weight is 323 g/mol. The Hall–Kier alpha value is -2.74. The van der Waals surface area contributed by atoms with E-state index in [4.69, 9.17) is 4.74 Å². The first kappa shape index (κ1) is 13.7. The summed E-state index contributed by atoms with van der Waals surface area (Å²) in [7, 11) is 1.65. The summed E-state index contributed by atoms with van der Waals surface area (Å²) < 4.78 is 6.91. The molecule has 1 saturated carbocycles. The Morgan fingerprint density at radius 2 is 2.00 bits per heavy atom. The lowest BCUT2D eigenvalue weighted by Crippen LogP contribution is -2.22. The fourth-order valence-corrected chi connectivity index (χ4v) is 3.48. The molecule has 1 aliphatic heterocycles. The highest BCUT2D eigenvalue weighted by Gasteiger charge is 2.53. The summed E-state index contributed by atoms with van der Waals surface area (Å²) in [5, 5.41) is 15.2. The van der Waals surface area contributed by atoms with Crippen LogP contribution < -0.4 is 15.4 Å². The van der Waals surface area contributed by atoms with Gasteiger partial charge in [0.1, 0.15) is 5.75 Å². The van der Waals surface area contributed by atoms with E-state index in [1.807, 2.05) is 24.3 Å². The molecule has 8 nitrogen and oxygen atoms in total. The van der Waals surface area contributed by atoms with Crippen LogP contribution in [0.2, 0.25) is 0 Å². The quantitative estimate of drug-likeness (QED) is 0.735. The van der Waals surface area contributed by atoms with Crippen LogP contribution in [0.3, 0.4) is 0 Å². The fraction of sp³-hybridized carbons (Fsp3) is 0.375. The molecule has 1 aliphatic carbocycles. The van der Waals surface area contributed by atoms with Gasteiger partial charge in [0.05, 0.1) is 19.0 Å². The van der Waals surface area contributed by atoms with Crippen molar-refractivity contribution in [3.05, 3.63) is 30.5 Å². The summed E-state index contributed by atoms with van der Waals surface area (Å²) in [6.07, 6.45) is 1.72. The second kappa shape index (κ2) is 5.13. The second-order valence-corrected chi connectivity index (χ2v) is 6.26. The van der Waals surface area contributed by atoms with Gasteiger partial charge in [-0.05, 0) is 36.1 Å². The molecule has 8 heteroatoms. The lowest BCUT2D eigenvalue weighted by Gasteiger charge is -2.07. The third-order valence-electron chi connectivity index (χ3n) is 4.90. The van der Waals surface area contributed by atoms with Crippen molar-refractivity contribution in [3.8, 4) is 11.4 Å². The minimum Gasteiger partial charge on any atom is -0.497 e. The maximum Gasteiger partial charge on any atom is 0.225 e. The maximum absolute atomic E-state index is 5.19. The van der Waals surface area contributed by atoms with Crippen LogP contribution in [0.4, 0.5) is 5.95 Å². The van der Waals surface area contributed by atoms with E-state index < -0.39 is 0 Å². The number of piperidine rings is 1. The highest BCUT2D eigenvalue weighted by atomic mass is 16.5. The van der Waals surface area contributed by atoms with Crippen LogP contribution >= 0.6 is 0 Å². The first-order chi connectivity index (χ1) is 11.8. The van der Waals surface area contributed by atoms with E-state index in [2.05, 4.69) is 30.9 Å². The van der Waals surface area contributed by atoms with Crippen LogP contribution in [0, 0.1) is 11.8 Å². The molecular formula is C16H17N7O. The van der Waals surface area contributed by atoms with Crippen molar-refractivity contribution < 1.29 is 4.74 Å². The van der Waals surface area contributed by atoms with Crippen molar-refractivity contribution in [1.29, 1.82) is 0 Å². The summed E-state index contributed by atoms with van der Waals surface area (Å²) in [4.78, 5) is 9.00. The summed E-state index contributed by atoms with van der Waals surface area (Å²) in [6.45, 7) is 2.16. The van der Waals surface area contributed by atoms with Gasteiger partial charge in [-0.15, -0.1) is 5.10 Å². The van der Waals surface area contributed by atoms with Crippen molar-refractivity contribution in [1.82, 2.24) is 30.3 Å². The molecule has 122 valence electrons. The molecule has 3 aromatic rings. The van der Waals surface area contributed by atoms with Gasteiger partial charge in [0, 0.05) is 19.1 Å². The highest BCUT2D eigenvalue weighted by molar-refractivity contribution is 5.72. The van der Waals surface area contributed by atoms with E-state index in [1.54, 1.807) is 18.0 Å². The van der Waals surface area contributed by atoms with E-state index in [1.165, 1.54) is 0 Å². The van der Waals surface area contributed by atoms with Gasteiger partial charge in [-0.3, -0.25) is 0 Å². The normalized spacial score (nSPS) is 24.8. The monoisotopic (exact) mass is 323 g/mol. The maximum atomic E-state index is 5.19. The summed E-state index contributed by atoms with van der Waals surface area (Å²) >= 11 is 0. The van der Waals surface area contributed by atoms with E-state index in [-0.39, 0.29) is 0 Å². The zero-order valence-corrected chi connectivity index (χ0v) is 13.2. The number of rotatable bonds is 4. The minimum absolute atomic E-state index is 0.481. The Kier molecular flexibility index (Phi) is 2.93. The Bertz CT molecular complexity index is 881. The molecule has 5 rings (SSSR count). The Morgan fingerprint density at radius 1 is 1.21 bits per heavy atom. The topological polar surface area (TPSA) is 89.8 Å². The smallest absolute Gasteiger partial charge is 0.225 e. The lowest BCUT2D eigenvalue weighted by atomic mass is 10.3. The van der Waals surface area contributed by atoms with Crippen LogP contribution in [0.25, 0.3) is 16.9 Å². The van der Waals surface area contributed by atoms with Gasteiger partial charge in [0.15, 0.2) is 11.2 Å². The van der Waals surface area contributed by atoms with E-state index >= 15 is 0 Å². The number of methoxy groups -OCH3 is 1. The number of hydrogen-bond acceptors (Lipinski definition) is 7. The van der Waals surface area contributed by atoms with E-state index in [0.717, 1.165) is 24.5 Å². The molecule has 2 fully saturated rings. The number of nitrogens with zero attached hydrogens (tertiary/aromatic N) is 5. The largest absolute Gasteiger partial charge is 0.497 e. The number of benzene rings is 1. The molecule has 1 saturated heterocycles. The van der Waals surface area contributed by atoms with Crippen LogP contribution in [0.5, 0.6) is 5.75 Å². The molecule has 2 atom stereocenters. The fourth-order valence-electron chi connectivity index (χ4n) is 3.48. The van der Waals surface area contributed by atoms with Gasteiger partial charge in [-0.25, -0.2) is 4.98 Å². The predicted octanol–water partition coefficient (Wildman–Crippen LogP) is 0.849. The zero-order chi connectivity index (χ0) is 16.1. The molecule has 0 spiro atoms. The van der Waals surface area contributed by atoms with Gasteiger partial charge < -0.3 is 15.4 Å². The first-order valence-electron chi connectivity index (χ1n) is 8.03. The van der Waals surface area contributed by atoms with Crippen LogP contribution in [0.15, 0.2) is 30.5 Å². The molecule has 24 heavy (non-hydrogen) atoms. The average Bonchev–Trinajstić information content (AvgIpc) is 3.00. The standard InChI is InChI=1S/C16H17N7O/c1-24-10-4-2-9(3-5-10)23-15-13(21-22-23)8-18-16(20-15)19-14-11-6-17-7-12(11)14/h2-5,8,11-12,14,17H,6-7H2,1H3,(H,18,19,20). The number of anilines is 1. The van der Waals surface area contributed by atoms with Crippen molar-refractivity contribution >= 4 is 17.1 Å². The molecule has 2 aromatic heterocycles. The van der Waals surface area contributed by atoms with E-state index in [9.17, 15) is 0 Å². The highest BCUT2D eigenvalue weighted by Crippen LogP contribution is 2.43. The van der Waals surface area contributed by atoms with Gasteiger partial charge in [-0.1, -0.05) is 5.21 Å². The second-order valence-electron chi connectivity index (χ2n) is 6.26. The molecule has 2 aliphatic rings. The van der Waals surface area contributed by atoms with Gasteiger partial charge in [-0.2, -0.15) is 9.67 Å². The van der Waals surface area contributed by atoms with Crippen molar-refractivity contribution in [3.63, 3.8) is 0 Å². The van der Waals surface area contributed by atoms with Crippen LogP contribution in [-0.2, 0) is 0 Å². The molecule has 0 radical (unpaired) electrons. The van der Waals surface area contributed by atoms with Crippen molar-refractivity contribution in [2.45, 2.75) is 6.04 Å². The molecule has 2 unspecified atom stereocenters. The molecule has 1 aromatic carbocycles. The number of aromatic nitrogens is 5. The Morgan fingerprint density at radius 3 is 2.75 bits per heavy atom. The number of nitrogens with one attached hydrogen (secondary N) is 2. The van der Waals surface area contributed by atoms with Gasteiger partial charge >= 0.3 is 0 Å².